The van der Waals surface area contributed by atoms with Gasteiger partial charge in [-0.15, -0.1) is 12.4 Å². The van der Waals surface area contributed by atoms with E-state index in [0.717, 1.165) is 0 Å². The molecular formula is C15H14ClN. The zero-order valence-corrected chi connectivity index (χ0v) is 10.4. The Morgan fingerprint density at radius 3 is 2.12 bits per heavy atom. The summed E-state index contributed by atoms with van der Waals surface area (Å²) in [5.41, 5.74) is 1.18. The number of anilines is 1. The van der Waals surface area contributed by atoms with E-state index in [4.69, 9.17) is 0 Å². The Bertz CT molecular complexity index is 661. The Morgan fingerprint density at radius 2 is 1.41 bits per heavy atom. The number of nitrogens with one attached hydrogen (secondary N) is 1. The summed E-state index contributed by atoms with van der Waals surface area (Å²) in [6.45, 7) is 0. The number of hydrogen-bond donors (Lipinski definition) is 1. The van der Waals surface area contributed by atoms with Crippen molar-refractivity contribution in [2.24, 2.45) is 0 Å². The third-order valence-corrected chi connectivity index (χ3v) is 3.02. The fourth-order valence-corrected chi connectivity index (χ4v) is 2.18. The first-order valence-electron chi connectivity index (χ1n) is 5.48. The van der Waals surface area contributed by atoms with Crippen LogP contribution >= 0.6 is 12.4 Å². The lowest BCUT2D eigenvalue weighted by atomic mass is 10.0. The minimum Gasteiger partial charge on any atom is -0.388 e. The molecule has 0 atom stereocenters. The minimum absolute atomic E-state index is 0. The summed E-state index contributed by atoms with van der Waals surface area (Å²) in [5, 5.41) is 8.38. The Balaban J connectivity index is 0.00000108. The molecular weight excluding hydrogens is 230 g/mol. The van der Waals surface area contributed by atoms with Crippen molar-refractivity contribution in [3.8, 4) is 0 Å². The Labute approximate surface area is 107 Å². The van der Waals surface area contributed by atoms with Crippen LogP contribution in [0.4, 0.5) is 5.69 Å². The molecule has 2 heteroatoms. The largest absolute Gasteiger partial charge is 0.388 e. The summed E-state index contributed by atoms with van der Waals surface area (Å²) in [6, 6.07) is 19.3. The Kier molecular flexibility index (Phi) is 3.21. The zero-order valence-electron chi connectivity index (χ0n) is 9.60. The SMILES string of the molecule is CNc1cccc2cc3ccccc3cc12.Cl. The second kappa shape index (κ2) is 4.64. The highest BCUT2D eigenvalue weighted by molar-refractivity contribution is 6.03. The molecule has 0 bridgehead atoms. The topological polar surface area (TPSA) is 12.0 Å². The number of benzene rings is 3. The molecule has 0 heterocycles. The molecule has 1 N–H and O–H groups in total. The van der Waals surface area contributed by atoms with Gasteiger partial charge >= 0.3 is 0 Å². The van der Waals surface area contributed by atoms with Crippen LogP contribution < -0.4 is 5.32 Å². The number of halogens is 1. The third-order valence-electron chi connectivity index (χ3n) is 3.02. The van der Waals surface area contributed by atoms with Crippen LogP contribution in [0.5, 0.6) is 0 Å². The van der Waals surface area contributed by atoms with Gasteiger partial charge in [0.05, 0.1) is 0 Å². The Morgan fingerprint density at radius 1 is 0.765 bits per heavy atom. The predicted molar refractivity (Wildman–Crippen MR) is 78.2 cm³/mol. The molecule has 0 spiro atoms. The van der Waals surface area contributed by atoms with E-state index in [0.29, 0.717) is 0 Å². The molecule has 1 nitrogen and oxygen atoms in total. The molecule has 3 aromatic carbocycles. The standard InChI is InChI=1S/C15H13N.ClH/c1-16-15-8-4-7-13-9-11-5-2-3-6-12(11)10-14(13)15;/h2-10,16H,1H3;1H. The molecule has 0 amide bonds. The fraction of sp³-hybridized carbons (Fsp3) is 0.0667. The minimum atomic E-state index is 0. The van der Waals surface area contributed by atoms with Crippen molar-refractivity contribution in [1.82, 2.24) is 0 Å². The Hall–Kier alpha value is -1.73. The van der Waals surface area contributed by atoms with E-state index in [1.165, 1.54) is 27.2 Å². The van der Waals surface area contributed by atoms with Gasteiger partial charge in [-0.3, -0.25) is 0 Å². The molecule has 0 unspecified atom stereocenters. The molecule has 0 radical (unpaired) electrons. The van der Waals surface area contributed by atoms with Gasteiger partial charge in [0, 0.05) is 18.1 Å². The first kappa shape index (κ1) is 11.7. The molecule has 0 aromatic heterocycles. The van der Waals surface area contributed by atoms with Gasteiger partial charge in [0.15, 0.2) is 0 Å². The molecule has 0 fully saturated rings. The highest BCUT2D eigenvalue weighted by Gasteiger charge is 2.00. The first-order chi connectivity index (χ1) is 7.88. The van der Waals surface area contributed by atoms with Crippen molar-refractivity contribution >= 4 is 39.6 Å². The van der Waals surface area contributed by atoms with Crippen LogP contribution in [0, 0.1) is 0 Å². The summed E-state index contributed by atoms with van der Waals surface area (Å²) in [5.74, 6) is 0. The van der Waals surface area contributed by atoms with E-state index in [9.17, 15) is 0 Å². The maximum atomic E-state index is 3.23. The summed E-state index contributed by atoms with van der Waals surface area (Å²) in [6.07, 6.45) is 0. The fourth-order valence-electron chi connectivity index (χ4n) is 2.18. The van der Waals surface area contributed by atoms with Crippen LogP contribution in [-0.2, 0) is 0 Å². The highest BCUT2D eigenvalue weighted by atomic mass is 35.5. The van der Waals surface area contributed by atoms with Gasteiger partial charge in [0.2, 0.25) is 0 Å². The molecule has 3 aromatic rings. The summed E-state index contributed by atoms with van der Waals surface area (Å²) in [7, 11) is 1.96. The van der Waals surface area contributed by atoms with E-state index in [1.807, 2.05) is 7.05 Å². The molecule has 0 aliphatic carbocycles. The molecule has 17 heavy (non-hydrogen) atoms. The van der Waals surface area contributed by atoms with Crippen molar-refractivity contribution in [1.29, 1.82) is 0 Å². The second-order valence-corrected chi connectivity index (χ2v) is 3.98. The number of rotatable bonds is 1. The molecule has 0 aliphatic rings. The van der Waals surface area contributed by atoms with Crippen LogP contribution in [0.25, 0.3) is 21.5 Å². The predicted octanol–water partition coefficient (Wildman–Crippen LogP) is 4.46. The molecule has 0 saturated heterocycles. The van der Waals surface area contributed by atoms with Crippen LogP contribution in [0.2, 0.25) is 0 Å². The van der Waals surface area contributed by atoms with E-state index < -0.39 is 0 Å². The van der Waals surface area contributed by atoms with Crippen LogP contribution in [0.15, 0.2) is 54.6 Å². The van der Waals surface area contributed by atoms with Gasteiger partial charge in [-0.05, 0) is 34.4 Å². The third kappa shape index (κ3) is 1.94. The summed E-state index contributed by atoms with van der Waals surface area (Å²) >= 11 is 0. The van der Waals surface area contributed by atoms with Crippen molar-refractivity contribution < 1.29 is 0 Å². The van der Waals surface area contributed by atoms with Crippen molar-refractivity contribution in [2.45, 2.75) is 0 Å². The molecule has 0 saturated carbocycles. The van der Waals surface area contributed by atoms with Crippen LogP contribution in [-0.4, -0.2) is 7.05 Å². The molecule has 0 aliphatic heterocycles. The zero-order chi connectivity index (χ0) is 11.0. The normalized spacial score (nSPS) is 10.2. The number of fused-ring (bicyclic) bond motifs is 2. The van der Waals surface area contributed by atoms with Gasteiger partial charge in [-0.1, -0.05) is 36.4 Å². The van der Waals surface area contributed by atoms with Gasteiger partial charge in [-0.2, -0.15) is 0 Å². The van der Waals surface area contributed by atoms with Gasteiger partial charge < -0.3 is 5.32 Å². The second-order valence-electron chi connectivity index (χ2n) is 3.98. The lowest BCUT2D eigenvalue weighted by Gasteiger charge is -2.07. The lowest BCUT2D eigenvalue weighted by molar-refractivity contribution is 1.55. The van der Waals surface area contributed by atoms with Crippen molar-refractivity contribution in [3.63, 3.8) is 0 Å². The molecule has 3 rings (SSSR count). The maximum Gasteiger partial charge on any atom is 0.0417 e. The highest BCUT2D eigenvalue weighted by Crippen LogP contribution is 2.27. The smallest absolute Gasteiger partial charge is 0.0417 e. The summed E-state index contributed by atoms with van der Waals surface area (Å²) < 4.78 is 0. The lowest BCUT2D eigenvalue weighted by Crippen LogP contribution is -1.88. The summed E-state index contributed by atoms with van der Waals surface area (Å²) in [4.78, 5) is 0. The van der Waals surface area contributed by atoms with Crippen molar-refractivity contribution in [2.75, 3.05) is 12.4 Å². The van der Waals surface area contributed by atoms with Crippen molar-refractivity contribution in [3.05, 3.63) is 54.6 Å². The van der Waals surface area contributed by atoms with Crippen LogP contribution in [0.1, 0.15) is 0 Å². The number of hydrogen-bond acceptors (Lipinski definition) is 1. The molecule has 86 valence electrons. The maximum absolute atomic E-state index is 3.23. The average Bonchev–Trinajstić information content (AvgIpc) is 2.35. The first-order valence-corrected chi connectivity index (χ1v) is 5.48. The quantitative estimate of drug-likeness (QED) is 0.623. The average molecular weight is 244 g/mol. The van der Waals surface area contributed by atoms with E-state index in [2.05, 4.69) is 59.9 Å². The van der Waals surface area contributed by atoms with E-state index in [-0.39, 0.29) is 12.4 Å². The van der Waals surface area contributed by atoms with Gasteiger partial charge in [0.1, 0.15) is 0 Å². The van der Waals surface area contributed by atoms with E-state index in [1.54, 1.807) is 0 Å². The van der Waals surface area contributed by atoms with Gasteiger partial charge in [0.25, 0.3) is 0 Å². The monoisotopic (exact) mass is 243 g/mol. The van der Waals surface area contributed by atoms with Gasteiger partial charge in [-0.25, -0.2) is 0 Å². The van der Waals surface area contributed by atoms with Crippen LogP contribution in [0.3, 0.4) is 0 Å². The van der Waals surface area contributed by atoms with E-state index >= 15 is 0 Å².